The van der Waals surface area contributed by atoms with E-state index in [1.165, 1.54) is 0 Å². The first-order valence-corrected chi connectivity index (χ1v) is 8.44. The molecule has 1 saturated heterocycles. The Morgan fingerprint density at radius 3 is 2.20 bits per heavy atom. The van der Waals surface area contributed by atoms with Gasteiger partial charge in [-0.2, -0.15) is 0 Å². The van der Waals surface area contributed by atoms with Crippen LogP contribution in [0.2, 0.25) is 5.02 Å². The van der Waals surface area contributed by atoms with E-state index in [2.05, 4.69) is 10.6 Å². The lowest BCUT2D eigenvalue weighted by Gasteiger charge is -2.24. The summed E-state index contributed by atoms with van der Waals surface area (Å²) < 4.78 is 0. The molecule has 1 fully saturated rings. The van der Waals surface area contributed by atoms with Crippen molar-refractivity contribution in [3.63, 3.8) is 0 Å². The van der Waals surface area contributed by atoms with Crippen molar-refractivity contribution in [3.8, 4) is 0 Å². The van der Waals surface area contributed by atoms with Crippen LogP contribution < -0.4 is 10.6 Å². The molecule has 1 amide bonds. The summed E-state index contributed by atoms with van der Waals surface area (Å²) in [6.45, 7) is 1.80. The van der Waals surface area contributed by atoms with Crippen LogP contribution >= 0.6 is 24.0 Å². The first-order chi connectivity index (χ1) is 11.6. The minimum atomic E-state index is -0.195. The highest BCUT2D eigenvalue weighted by atomic mass is 35.5. The number of nitrogens with one attached hydrogen (secondary N) is 2. The number of carbonyl (C=O) groups is 2. The fourth-order valence-electron chi connectivity index (χ4n) is 2.87. The lowest BCUT2D eigenvalue weighted by atomic mass is 9.97. The summed E-state index contributed by atoms with van der Waals surface area (Å²) >= 11 is 5.87. The van der Waals surface area contributed by atoms with Gasteiger partial charge in [0.15, 0.2) is 5.78 Å². The third kappa shape index (κ3) is 4.82. The molecule has 0 unspecified atom stereocenters. The molecular formula is C19H20Cl2N2O2. The quantitative estimate of drug-likeness (QED) is 0.800. The average molecular weight is 379 g/mol. The van der Waals surface area contributed by atoms with Crippen LogP contribution in [0.4, 0.5) is 0 Å². The molecule has 0 spiro atoms. The van der Waals surface area contributed by atoms with E-state index in [1.807, 2.05) is 0 Å². The van der Waals surface area contributed by atoms with E-state index in [4.69, 9.17) is 11.6 Å². The van der Waals surface area contributed by atoms with E-state index >= 15 is 0 Å². The molecule has 2 aromatic carbocycles. The molecule has 1 heterocycles. The van der Waals surface area contributed by atoms with Crippen LogP contribution in [0, 0.1) is 0 Å². The predicted molar refractivity (Wildman–Crippen MR) is 102 cm³/mol. The van der Waals surface area contributed by atoms with Gasteiger partial charge < -0.3 is 10.6 Å². The normalized spacial score (nSPS) is 14.4. The van der Waals surface area contributed by atoms with Crippen molar-refractivity contribution in [1.29, 1.82) is 0 Å². The summed E-state index contributed by atoms with van der Waals surface area (Å²) in [6, 6.07) is 13.8. The molecule has 132 valence electrons. The average Bonchev–Trinajstić information content (AvgIpc) is 2.62. The number of rotatable bonds is 4. The Hall–Kier alpha value is -1.88. The summed E-state index contributed by atoms with van der Waals surface area (Å²) in [7, 11) is 0. The Morgan fingerprint density at radius 1 is 0.960 bits per heavy atom. The van der Waals surface area contributed by atoms with E-state index < -0.39 is 0 Å². The van der Waals surface area contributed by atoms with Crippen molar-refractivity contribution in [2.45, 2.75) is 18.9 Å². The van der Waals surface area contributed by atoms with E-state index in [1.54, 1.807) is 48.5 Å². The van der Waals surface area contributed by atoms with Crippen LogP contribution in [-0.4, -0.2) is 30.8 Å². The molecule has 0 saturated carbocycles. The second-order valence-corrected chi connectivity index (χ2v) is 6.32. The van der Waals surface area contributed by atoms with Gasteiger partial charge in [0, 0.05) is 22.2 Å². The van der Waals surface area contributed by atoms with E-state index in [9.17, 15) is 9.59 Å². The Bertz CT molecular complexity index is 741. The van der Waals surface area contributed by atoms with Gasteiger partial charge in [0.25, 0.3) is 5.91 Å². The highest BCUT2D eigenvalue weighted by Crippen LogP contribution is 2.17. The molecular weight excluding hydrogens is 359 g/mol. The van der Waals surface area contributed by atoms with Crippen LogP contribution in [0.25, 0.3) is 0 Å². The third-order valence-corrected chi connectivity index (χ3v) is 4.45. The first-order valence-electron chi connectivity index (χ1n) is 8.06. The molecule has 2 N–H and O–H groups in total. The largest absolute Gasteiger partial charge is 0.349 e. The van der Waals surface area contributed by atoms with Gasteiger partial charge in [-0.1, -0.05) is 29.8 Å². The van der Waals surface area contributed by atoms with Crippen molar-refractivity contribution < 1.29 is 9.59 Å². The number of benzene rings is 2. The van der Waals surface area contributed by atoms with Gasteiger partial charge in [0.2, 0.25) is 0 Å². The highest BCUT2D eigenvalue weighted by molar-refractivity contribution is 6.30. The zero-order valence-corrected chi connectivity index (χ0v) is 15.2. The molecule has 6 heteroatoms. The fourth-order valence-corrected chi connectivity index (χ4v) is 2.99. The molecule has 0 atom stereocenters. The second-order valence-electron chi connectivity index (χ2n) is 5.88. The highest BCUT2D eigenvalue weighted by Gasteiger charge is 2.21. The van der Waals surface area contributed by atoms with Crippen molar-refractivity contribution in [1.82, 2.24) is 10.6 Å². The van der Waals surface area contributed by atoms with Crippen LogP contribution in [0.5, 0.6) is 0 Å². The van der Waals surface area contributed by atoms with Gasteiger partial charge in [0.05, 0.1) is 5.56 Å². The number of hydrogen-bond donors (Lipinski definition) is 2. The second kappa shape index (κ2) is 8.99. The molecule has 0 radical (unpaired) electrons. The number of halogens is 2. The van der Waals surface area contributed by atoms with Crippen LogP contribution in [0.15, 0.2) is 48.5 Å². The Balaban J connectivity index is 0.00000225. The van der Waals surface area contributed by atoms with Crippen LogP contribution in [0.1, 0.15) is 39.1 Å². The van der Waals surface area contributed by atoms with Crippen LogP contribution in [0.3, 0.4) is 0 Å². The molecule has 0 aromatic heterocycles. The molecule has 1 aliphatic rings. The van der Waals surface area contributed by atoms with Gasteiger partial charge in [-0.05, 0) is 56.3 Å². The van der Waals surface area contributed by atoms with Crippen molar-refractivity contribution in [3.05, 3.63) is 70.2 Å². The lowest BCUT2D eigenvalue weighted by Crippen LogP contribution is -2.43. The summed E-state index contributed by atoms with van der Waals surface area (Å²) in [6.07, 6.45) is 1.80. The van der Waals surface area contributed by atoms with Crippen molar-refractivity contribution in [2.24, 2.45) is 0 Å². The van der Waals surface area contributed by atoms with E-state index in [0.717, 1.165) is 25.9 Å². The summed E-state index contributed by atoms with van der Waals surface area (Å²) in [4.78, 5) is 25.4. The minimum Gasteiger partial charge on any atom is -0.349 e. The fraction of sp³-hybridized carbons (Fsp3) is 0.263. The van der Waals surface area contributed by atoms with E-state index in [0.29, 0.717) is 21.7 Å². The monoisotopic (exact) mass is 378 g/mol. The van der Waals surface area contributed by atoms with E-state index in [-0.39, 0.29) is 30.1 Å². The Labute approximate surface area is 158 Å². The molecule has 4 nitrogen and oxygen atoms in total. The SMILES string of the molecule is Cl.O=C(NC1CCNCC1)c1ccccc1C(=O)c1ccc(Cl)cc1. The Kier molecular flexibility index (Phi) is 7.00. The number of amides is 1. The maximum atomic E-state index is 12.7. The van der Waals surface area contributed by atoms with Gasteiger partial charge >= 0.3 is 0 Å². The van der Waals surface area contributed by atoms with Gasteiger partial charge in [0.1, 0.15) is 0 Å². The minimum absolute atomic E-state index is 0. The number of carbonyl (C=O) groups excluding carboxylic acids is 2. The van der Waals surface area contributed by atoms with Crippen molar-refractivity contribution >= 4 is 35.7 Å². The topological polar surface area (TPSA) is 58.2 Å². The predicted octanol–water partition coefficient (Wildman–Crippen LogP) is 3.47. The Morgan fingerprint density at radius 2 is 1.56 bits per heavy atom. The van der Waals surface area contributed by atoms with Gasteiger partial charge in [-0.25, -0.2) is 0 Å². The molecule has 3 rings (SSSR count). The molecule has 2 aromatic rings. The maximum Gasteiger partial charge on any atom is 0.252 e. The number of ketones is 1. The zero-order chi connectivity index (χ0) is 16.9. The molecule has 0 bridgehead atoms. The molecule has 25 heavy (non-hydrogen) atoms. The third-order valence-electron chi connectivity index (χ3n) is 4.20. The number of hydrogen-bond acceptors (Lipinski definition) is 3. The van der Waals surface area contributed by atoms with Gasteiger partial charge in [-0.15, -0.1) is 12.4 Å². The smallest absolute Gasteiger partial charge is 0.252 e. The van der Waals surface area contributed by atoms with Crippen LogP contribution in [-0.2, 0) is 0 Å². The zero-order valence-electron chi connectivity index (χ0n) is 13.6. The van der Waals surface area contributed by atoms with Crippen molar-refractivity contribution in [2.75, 3.05) is 13.1 Å². The lowest BCUT2D eigenvalue weighted by molar-refractivity contribution is 0.0920. The first kappa shape index (κ1) is 19.4. The summed E-state index contributed by atoms with van der Waals surface area (Å²) in [5, 5.41) is 6.88. The number of piperidine rings is 1. The van der Waals surface area contributed by atoms with Gasteiger partial charge in [-0.3, -0.25) is 9.59 Å². The maximum absolute atomic E-state index is 12.7. The summed E-state index contributed by atoms with van der Waals surface area (Å²) in [5.74, 6) is -0.373. The summed E-state index contributed by atoms with van der Waals surface area (Å²) in [5.41, 5.74) is 1.34. The standard InChI is InChI=1S/C19H19ClN2O2.ClH/c20-14-7-5-13(6-8-14)18(23)16-3-1-2-4-17(16)19(24)22-15-9-11-21-12-10-15;/h1-8,15,21H,9-12H2,(H,22,24);1H. The molecule has 1 aliphatic heterocycles. The molecule has 0 aliphatic carbocycles.